The van der Waals surface area contributed by atoms with Crippen LogP contribution in [0.1, 0.15) is 16.1 Å². The van der Waals surface area contributed by atoms with E-state index in [0.717, 1.165) is 16.8 Å². The minimum absolute atomic E-state index is 0. The van der Waals surface area contributed by atoms with Gasteiger partial charge in [0.25, 0.3) is 10.1 Å². The normalized spacial score (nSPS) is 11.5. The molecule has 0 amide bonds. The van der Waals surface area contributed by atoms with E-state index in [1.54, 1.807) is 6.92 Å². The van der Waals surface area contributed by atoms with Crippen LogP contribution in [0.15, 0.2) is 90.9 Å². The Morgan fingerprint density at radius 2 is 1.62 bits per heavy atom. The summed E-state index contributed by atoms with van der Waals surface area (Å²) in [6.07, 6.45) is 0. The van der Waals surface area contributed by atoms with Gasteiger partial charge in [0.05, 0.1) is 40.3 Å². The van der Waals surface area contributed by atoms with Crippen LogP contribution in [0, 0.1) is 14.4 Å². The summed E-state index contributed by atoms with van der Waals surface area (Å²) in [5.41, 5.74) is -0.616. The van der Waals surface area contributed by atoms with Gasteiger partial charge in [0, 0.05) is 11.5 Å². The number of azo groups is 2. The molecule has 21 heteroatoms. The van der Waals surface area contributed by atoms with Gasteiger partial charge >= 0.3 is 23.0 Å². The number of rotatable bonds is 11. The van der Waals surface area contributed by atoms with Gasteiger partial charge in [0.15, 0.2) is 11.4 Å². The zero-order chi connectivity index (χ0) is 34.7. The number of hydrogen-bond acceptors (Lipinski definition) is 16. The smallest absolute Gasteiger partial charge is 0.506 e. The van der Waals surface area contributed by atoms with Crippen LogP contribution in [0.4, 0.5) is 22.7 Å². The first-order chi connectivity index (χ1) is 22.8. The van der Waals surface area contributed by atoms with Gasteiger partial charge in [0.1, 0.15) is 22.9 Å². The largest absolute Gasteiger partial charge is 1.00 e. The molecule has 0 saturated heterocycles. The third-order valence-corrected chi connectivity index (χ3v) is 8.11. The molecule has 266 valence electrons. The van der Waals surface area contributed by atoms with Gasteiger partial charge in [-0.1, -0.05) is 11.1 Å². The van der Waals surface area contributed by atoms with Crippen molar-refractivity contribution in [2.75, 3.05) is 7.11 Å². The van der Waals surface area contributed by atoms with E-state index in [-0.39, 0.29) is 63.3 Å². The number of carbonyl (C=O) groups is 1. The Balaban J connectivity index is 0.00000338. The second-order valence-electron chi connectivity index (χ2n) is 9.62. The fraction of sp³-hybridized carbons (Fsp3) is 0.0690. The fourth-order valence-electron chi connectivity index (χ4n) is 4.35. The predicted molar refractivity (Wildman–Crippen MR) is 172 cm³/mol. The third kappa shape index (κ3) is 8.18. The number of aromatic nitrogens is 2. The summed E-state index contributed by atoms with van der Waals surface area (Å²) in [7, 11) is -3.06. The number of phenolic OH excluding ortho intramolecular Hbond substituents is 2. The number of fused-ring (bicyclic) bond motifs is 1. The number of hydrogen-bond donors (Lipinski definition) is 6. The van der Waals surface area contributed by atoms with Gasteiger partial charge in [0.2, 0.25) is 11.6 Å². The minimum Gasteiger partial charge on any atom is -0.506 e. The zero-order valence-corrected chi connectivity index (χ0v) is 28.3. The fourth-order valence-corrected chi connectivity index (χ4v) is 5.33. The maximum Gasteiger partial charge on any atom is 1.00 e. The molecular weight excluding hydrogens is 752 g/mol. The summed E-state index contributed by atoms with van der Waals surface area (Å²) in [5.74, 6) is -2.54. The molecule has 0 spiro atoms. The number of aryl methyl sites for hydroxylation is 1. The van der Waals surface area contributed by atoms with Crippen LogP contribution in [-0.4, -0.2) is 61.5 Å². The Bertz CT molecular complexity index is 2230. The van der Waals surface area contributed by atoms with Crippen LogP contribution in [0.2, 0.25) is 0 Å². The number of carboxylic acid groups (broad SMARTS) is 1. The van der Waals surface area contributed by atoms with E-state index in [2.05, 4.69) is 34.9 Å². The molecule has 6 N–H and O–H groups in total. The van der Waals surface area contributed by atoms with Crippen molar-refractivity contribution < 1.29 is 74.6 Å². The van der Waals surface area contributed by atoms with E-state index in [1.165, 1.54) is 55.6 Å². The van der Waals surface area contributed by atoms with E-state index in [1.807, 2.05) is 0 Å². The van der Waals surface area contributed by atoms with Crippen LogP contribution in [0.3, 0.4) is 0 Å². The first kappa shape index (κ1) is 39.3. The molecule has 0 bridgehead atoms. The summed E-state index contributed by atoms with van der Waals surface area (Å²) >= 11 is 0.496. The first-order valence-electron chi connectivity index (χ1n) is 13.1. The van der Waals surface area contributed by atoms with Crippen LogP contribution in [0.25, 0.3) is 16.5 Å². The first-order valence-corrected chi connectivity index (χ1v) is 15.3. The summed E-state index contributed by atoms with van der Waals surface area (Å²) in [4.78, 5) is 11.6. The van der Waals surface area contributed by atoms with Gasteiger partial charge in [-0.15, -0.1) is 19.7 Å². The number of phenols is 2. The average Bonchev–Trinajstić information content (AvgIpc) is 3.39. The topological polar surface area (TPSA) is 268 Å². The molecule has 50 heavy (non-hydrogen) atoms. The van der Waals surface area contributed by atoms with Gasteiger partial charge in [-0.2, -0.15) is 23.3 Å². The molecule has 0 atom stereocenters. The van der Waals surface area contributed by atoms with Crippen LogP contribution < -0.4 is 4.74 Å². The maximum atomic E-state index is 11.9. The van der Waals surface area contributed by atoms with Crippen LogP contribution >= 0.6 is 12.0 Å². The number of carboxylic acids is 1. The summed E-state index contributed by atoms with van der Waals surface area (Å²) in [6.45, 7) is 1.72. The van der Waals surface area contributed by atoms with Crippen LogP contribution in [-0.2, 0) is 36.6 Å². The monoisotopic (exact) mass is 776 g/mol. The quantitative estimate of drug-likeness (QED) is 0.0148. The molecule has 18 nitrogen and oxygen atoms in total. The van der Waals surface area contributed by atoms with Crippen molar-refractivity contribution >= 4 is 61.7 Å². The van der Waals surface area contributed by atoms with Gasteiger partial charge in [-0.25, -0.2) is 10.1 Å². The number of methoxy groups -OCH3 is 1. The zero-order valence-electron chi connectivity index (χ0n) is 25.7. The summed E-state index contributed by atoms with van der Waals surface area (Å²) in [6, 6.07) is 13.1. The average molecular weight is 777 g/mol. The minimum atomic E-state index is -4.50. The Hall–Kier alpha value is -5.12. The third-order valence-electron chi connectivity index (χ3n) is 6.62. The van der Waals surface area contributed by atoms with E-state index in [0.29, 0.717) is 28.7 Å². The van der Waals surface area contributed by atoms with Gasteiger partial charge < -0.3 is 32.6 Å². The van der Waals surface area contributed by atoms with E-state index >= 15 is 0 Å². The van der Waals surface area contributed by atoms with Crippen molar-refractivity contribution in [1.29, 1.82) is 0 Å². The molecule has 5 aromatic rings. The van der Waals surface area contributed by atoms with Crippen molar-refractivity contribution in [3.05, 3.63) is 79.3 Å². The molecular formula is C29H25CuN6O12S2. The number of ether oxygens (including phenoxy) is 1. The van der Waals surface area contributed by atoms with E-state index in [4.69, 9.17) is 9.99 Å². The van der Waals surface area contributed by atoms with Crippen molar-refractivity contribution in [1.82, 2.24) is 9.78 Å². The van der Waals surface area contributed by atoms with E-state index < -0.39 is 44.0 Å². The predicted octanol–water partition coefficient (Wildman–Crippen LogP) is 7.11. The molecule has 0 fully saturated rings. The van der Waals surface area contributed by atoms with Crippen molar-refractivity contribution in [3.63, 3.8) is 0 Å². The molecule has 4 aromatic carbocycles. The second kappa shape index (κ2) is 16.1. The van der Waals surface area contributed by atoms with E-state index in [9.17, 15) is 38.2 Å². The van der Waals surface area contributed by atoms with Crippen molar-refractivity contribution in [2.24, 2.45) is 20.5 Å². The Morgan fingerprint density at radius 1 is 0.940 bits per heavy atom. The molecule has 5 rings (SSSR count). The Morgan fingerprint density at radius 3 is 2.24 bits per heavy atom. The standard InChI is InChI=1S/C28H22N6O12S2.CH3.Cu/c1-13-9-20(35)19(12-21(13)44-2)30-31-23-22(47-46-45-40)10-14-3-4-15(11-18(14)26(23)36)29-32-24-25(28(38)39)33-34(27(24)37)16-5-7-17(8-6-16)48(41,42)43;;/h3-12,35-37,40H,1-2H3,(H,38,39)(H,41,42,43);1H3;/q;-1;+1. The number of aromatic hydroxyl groups is 3. The second-order valence-corrected chi connectivity index (χ2v) is 11.8. The van der Waals surface area contributed by atoms with Gasteiger partial charge in [-0.3, -0.25) is 4.55 Å². The molecule has 0 aliphatic heterocycles. The number of aromatic carboxylic acids is 1. The Labute approximate surface area is 297 Å². The molecule has 1 aromatic heterocycles. The van der Waals surface area contributed by atoms with Gasteiger partial charge in [-0.05, 0) is 66.4 Å². The summed E-state index contributed by atoms with van der Waals surface area (Å²) in [5, 5.41) is 74.8. The van der Waals surface area contributed by atoms with Crippen molar-refractivity contribution in [3.8, 4) is 28.8 Å². The SMILES string of the molecule is COc1cc(N=Nc2c(SOOO)cc3ccc(N=Nc4c(C(=O)O)nn(-c5ccc(S(=O)(=O)O)cc5)c4O)cc3c2O)c(O)cc1C.[CH3-].[Cu+]. The van der Waals surface area contributed by atoms with Crippen LogP contribution in [0.5, 0.6) is 23.1 Å². The molecule has 0 aliphatic carbocycles. The summed E-state index contributed by atoms with van der Waals surface area (Å²) < 4.78 is 42.5. The molecule has 1 heterocycles. The maximum absolute atomic E-state index is 11.9. The Kier molecular flexibility index (Phi) is 12.6. The molecule has 0 aliphatic rings. The number of nitrogens with zero attached hydrogens (tertiary/aromatic N) is 6. The number of benzene rings is 4. The van der Waals surface area contributed by atoms with Crippen molar-refractivity contribution in [2.45, 2.75) is 16.7 Å². The molecule has 0 unspecified atom stereocenters. The molecule has 0 radical (unpaired) electrons. The molecule has 0 saturated carbocycles.